The highest BCUT2D eigenvalue weighted by Gasteiger charge is 2.30. The number of nitrogens with zero attached hydrogens (tertiary/aromatic N) is 2. The molecule has 0 bridgehead atoms. The molecule has 1 aliphatic heterocycles. The molecule has 3 heteroatoms. The van der Waals surface area contributed by atoms with E-state index < -0.39 is 0 Å². The van der Waals surface area contributed by atoms with Gasteiger partial charge in [-0.2, -0.15) is 0 Å². The Kier molecular flexibility index (Phi) is 2.48. The molecule has 1 aliphatic rings. The predicted molar refractivity (Wildman–Crippen MR) is 53.8 cm³/mol. The summed E-state index contributed by atoms with van der Waals surface area (Å²) in [6.45, 7) is 3.62. The van der Waals surface area contributed by atoms with Crippen LogP contribution < -0.4 is 0 Å². The lowest BCUT2D eigenvalue weighted by Gasteiger charge is -2.39. The van der Waals surface area contributed by atoms with Crippen molar-refractivity contribution >= 4 is 5.91 Å². The highest BCUT2D eigenvalue weighted by molar-refractivity contribution is 5.76. The van der Waals surface area contributed by atoms with E-state index in [0.717, 1.165) is 13.1 Å². The fourth-order valence-corrected chi connectivity index (χ4v) is 1.73. The first-order valence-electron chi connectivity index (χ1n) is 4.99. The molecule has 74 valence electrons. The van der Waals surface area contributed by atoms with Gasteiger partial charge in [-0.3, -0.25) is 9.78 Å². The van der Waals surface area contributed by atoms with Gasteiger partial charge in [-0.15, -0.1) is 0 Å². The Hall–Kier alpha value is -1.38. The van der Waals surface area contributed by atoms with Gasteiger partial charge in [-0.05, 0) is 11.6 Å². The summed E-state index contributed by atoms with van der Waals surface area (Å²) in [6, 6.07) is 4.02. The van der Waals surface area contributed by atoms with Crippen molar-refractivity contribution in [3.05, 3.63) is 30.1 Å². The van der Waals surface area contributed by atoms with Crippen LogP contribution in [0.2, 0.25) is 0 Å². The van der Waals surface area contributed by atoms with E-state index in [1.807, 2.05) is 24.1 Å². The summed E-state index contributed by atoms with van der Waals surface area (Å²) in [4.78, 5) is 17.3. The quantitative estimate of drug-likeness (QED) is 0.706. The summed E-state index contributed by atoms with van der Waals surface area (Å²) in [5.41, 5.74) is 1.24. The third-order valence-electron chi connectivity index (χ3n) is 2.69. The number of rotatable bonds is 2. The standard InChI is InChI=1S/C11H14N2O/c1-2-11(14)13-7-10(8-13)9-4-3-5-12-6-9/h3-6,10H,2,7-8H2,1H3. The number of amides is 1. The lowest BCUT2D eigenvalue weighted by molar-refractivity contribution is -0.135. The Labute approximate surface area is 83.8 Å². The first-order valence-corrected chi connectivity index (χ1v) is 4.99. The van der Waals surface area contributed by atoms with Crippen LogP contribution in [0, 0.1) is 0 Å². The van der Waals surface area contributed by atoms with Crippen LogP contribution >= 0.6 is 0 Å². The minimum absolute atomic E-state index is 0.255. The van der Waals surface area contributed by atoms with Crippen LogP contribution in [0.5, 0.6) is 0 Å². The first kappa shape index (κ1) is 9.19. The molecule has 0 N–H and O–H groups in total. The van der Waals surface area contributed by atoms with E-state index in [4.69, 9.17) is 0 Å². The van der Waals surface area contributed by atoms with Gasteiger partial charge in [0.1, 0.15) is 0 Å². The van der Waals surface area contributed by atoms with Gasteiger partial charge in [0.05, 0.1) is 0 Å². The van der Waals surface area contributed by atoms with Crippen LogP contribution in [0.1, 0.15) is 24.8 Å². The van der Waals surface area contributed by atoms with Crippen LogP contribution in [0.25, 0.3) is 0 Å². The molecule has 14 heavy (non-hydrogen) atoms. The summed E-state index contributed by atoms with van der Waals surface area (Å²) in [5, 5.41) is 0. The molecule has 1 aromatic heterocycles. The molecule has 0 aliphatic carbocycles. The van der Waals surface area contributed by atoms with E-state index in [2.05, 4.69) is 11.1 Å². The van der Waals surface area contributed by atoms with Crippen molar-refractivity contribution in [2.24, 2.45) is 0 Å². The van der Waals surface area contributed by atoms with Gasteiger partial charge >= 0.3 is 0 Å². The largest absolute Gasteiger partial charge is 0.341 e. The molecular formula is C11H14N2O. The minimum Gasteiger partial charge on any atom is -0.341 e. The molecule has 0 atom stereocenters. The molecule has 1 saturated heterocycles. The summed E-state index contributed by atoms with van der Waals surface area (Å²) in [5.74, 6) is 0.754. The maximum atomic E-state index is 11.3. The number of carbonyl (C=O) groups excluding carboxylic acids is 1. The third-order valence-corrected chi connectivity index (χ3v) is 2.69. The summed E-state index contributed by atoms with van der Waals surface area (Å²) in [6.07, 6.45) is 4.27. The number of aromatic nitrogens is 1. The molecule has 0 radical (unpaired) electrons. The number of likely N-dealkylation sites (tertiary alicyclic amines) is 1. The second-order valence-electron chi connectivity index (χ2n) is 3.64. The molecule has 0 saturated carbocycles. The van der Waals surface area contributed by atoms with Crippen LogP contribution in [-0.4, -0.2) is 28.9 Å². The second kappa shape index (κ2) is 3.78. The predicted octanol–water partition coefficient (Wildman–Crippen LogP) is 1.42. The topological polar surface area (TPSA) is 33.2 Å². The lowest BCUT2D eigenvalue weighted by Crippen LogP contribution is -2.48. The van der Waals surface area contributed by atoms with E-state index in [0.29, 0.717) is 12.3 Å². The zero-order valence-electron chi connectivity index (χ0n) is 8.31. The molecular weight excluding hydrogens is 176 g/mol. The Morgan fingerprint density at radius 1 is 1.64 bits per heavy atom. The number of carbonyl (C=O) groups is 1. The van der Waals surface area contributed by atoms with E-state index in [9.17, 15) is 4.79 Å². The number of hydrogen-bond donors (Lipinski definition) is 0. The fourth-order valence-electron chi connectivity index (χ4n) is 1.73. The molecule has 0 unspecified atom stereocenters. The van der Waals surface area contributed by atoms with Gasteiger partial charge < -0.3 is 4.90 Å². The van der Waals surface area contributed by atoms with Crippen molar-refractivity contribution in [1.82, 2.24) is 9.88 Å². The average Bonchev–Trinajstić information content (AvgIpc) is 2.17. The Morgan fingerprint density at radius 2 is 2.43 bits per heavy atom. The zero-order chi connectivity index (χ0) is 9.97. The van der Waals surface area contributed by atoms with Crippen LogP contribution in [-0.2, 0) is 4.79 Å². The van der Waals surface area contributed by atoms with Crippen molar-refractivity contribution in [2.45, 2.75) is 19.3 Å². The first-order chi connectivity index (χ1) is 6.81. The summed E-state index contributed by atoms with van der Waals surface area (Å²) in [7, 11) is 0. The van der Waals surface area contributed by atoms with Crippen LogP contribution in [0.15, 0.2) is 24.5 Å². The van der Waals surface area contributed by atoms with E-state index in [1.165, 1.54) is 5.56 Å². The lowest BCUT2D eigenvalue weighted by atomic mass is 9.92. The Morgan fingerprint density at radius 3 is 3.00 bits per heavy atom. The van der Waals surface area contributed by atoms with Crippen molar-refractivity contribution in [2.75, 3.05) is 13.1 Å². The molecule has 1 aromatic rings. The summed E-state index contributed by atoms with van der Waals surface area (Å²) >= 11 is 0. The minimum atomic E-state index is 0.255. The van der Waals surface area contributed by atoms with Crippen molar-refractivity contribution < 1.29 is 4.79 Å². The smallest absolute Gasteiger partial charge is 0.222 e. The zero-order valence-corrected chi connectivity index (χ0v) is 8.31. The van der Waals surface area contributed by atoms with Crippen LogP contribution in [0.3, 0.4) is 0 Å². The molecule has 0 spiro atoms. The molecule has 0 aromatic carbocycles. The molecule has 3 nitrogen and oxygen atoms in total. The van der Waals surface area contributed by atoms with Crippen LogP contribution in [0.4, 0.5) is 0 Å². The molecule has 2 heterocycles. The Bertz CT molecular complexity index is 317. The van der Waals surface area contributed by atoms with Gasteiger partial charge in [0.25, 0.3) is 0 Å². The number of hydrogen-bond acceptors (Lipinski definition) is 2. The monoisotopic (exact) mass is 190 g/mol. The average molecular weight is 190 g/mol. The highest BCUT2D eigenvalue weighted by Crippen LogP contribution is 2.26. The maximum Gasteiger partial charge on any atom is 0.222 e. The second-order valence-corrected chi connectivity index (χ2v) is 3.64. The van der Waals surface area contributed by atoms with Crippen molar-refractivity contribution in [1.29, 1.82) is 0 Å². The van der Waals surface area contributed by atoms with E-state index in [1.54, 1.807) is 6.20 Å². The summed E-state index contributed by atoms with van der Waals surface area (Å²) < 4.78 is 0. The number of pyridine rings is 1. The van der Waals surface area contributed by atoms with Crippen molar-refractivity contribution in [3.63, 3.8) is 0 Å². The van der Waals surface area contributed by atoms with Gasteiger partial charge in [0.2, 0.25) is 5.91 Å². The highest BCUT2D eigenvalue weighted by atomic mass is 16.2. The molecule has 1 fully saturated rings. The third kappa shape index (κ3) is 1.62. The van der Waals surface area contributed by atoms with Gasteiger partial charge in [0, 0.05) is 37.8 Å². The van der Waals surface area contributed by atoms with Crippen molar-refractivity contribution in [3.8, 4) is 0 Å². The fraction of sp³-hybridized carbons (Fsp3) is 0.455. The van der Waals surface area contributed by atoms with Gasteiger partial charge in [0.15, 0.2) is 0 Å². The SMILES string of the molecule is CCC(=O)N1CC(c2cccnc2)C1. The normalized spacial score (nSPS) is 16.5. The van der Waals surface area contributed by atoms with Gasteiger partial charge in [-0.1, -0.05) is 13.0 Å². The van der Waals surface area contributed by atoms with Gasteiger partial charge in [-0.25, -0.2) is 0 Å². The molecule has 2 rings (SSSR count). The maximum absolute atomic E-state index is 11.3. The molecule has 1 amide bonds. The van der Waals surface area contributed by atoms with E-state index >= 15 is 0 Å². The van der Waals surface area contributed by atoms with E-state index in [-0.39, 0.29) is 5.91 Å². The Balaban J connectivity index is 1.92.